The van der Waals surface area contributed by atoms with Crippen molar-refractivity contribution in [2.45, 2.75) is 6.42 Å². The maximum atomic E-state index is 6.41. The summed E-state index contributed by atoms with van der Waals surface area (Å²) < 4.78 is 0. The Balaban J connectivity index is 1.49. The predicted molar refractivity (Wildman–Crippen MR) is 114 cm³/mol. The zero-order valence-electron chi connectivity index (χ0n) is 15.3. The maximum absolute atomic E-state index is 6.41. The van der Waals surface area contributed by atoms with Crippen molar-refractivity contribution >= 4 is 39.5 Å². The molecule has 1 aromatic carbocycles. The number of imidazole rings is 1. The molecule has 0 radical (unpaired) electrons. The molecule has 0 bridgehead atoms. The minimum atomic E-state index is 0.635. The van der Waals surface area contributed by atoms with E-state index >= 15 is 0 Å². The lowest BCUT2D eigenvalue weighted by atomic mass is 10.0. The average molecular weight is 402 g/mol. The zero-order valence-corrected chi connectivity index (χ0v) is 16.1. The monoisotopic (exact) mass is 401 g/mol. The van der Waals surface area contributed by atoms with Crippen molar-refractivity contribution in [3.8, 4) is 11.4 Å². The molecule has 0 aliphatic rings. The van der Waals surface area contributed by atoms with Crippen LogP contribution in [0.4, 0.5) is 5.82 Å². The highest BCUT2D eigenvalue weighted by Gasteiger charge is 2.12. The number of H-pyrrole nitrogens is 1. The Morgan fingerprint density at radius 1 is 1.00 bits per heavy atom. The van der Waals surface area contributed by atoms with Gasteiger partial charge in [-0.3, -0.25) is 4.98 Å². The van der Waals surface area contributed by atoms with Gasteiger partial charge < -0.3 is 10.3 Å². The largest absolute Gasteiger partial charge is 0.368 e. The molecule has 0 aliphatic carbocycles. The molecule has 2 N–H and O–H groups in total. The number of hydrogen-bond acceptors (Lipinski definition) is 6. The van der Waals surface area contributed by atoms with E-state index in [2.05, 4.69) is 36.3 Å². The Morgan fingerprint density at radius 3 is 2.86 bits per heavy atom. The van der Waals surface area contributed by atoms with Crippen LogP contribution in [-0.4, -0.2) is 36.4 Å². The first kappa shape index (κ1) is 17.5. The quantitative estimate of drug-likeness (QED) is 0.457. The van der Waals surface area contributed by atoms with E-state index in [0.29, 0.717) is 17.2 Å². The van der Waals surface area contributed by atoms with Crippen LogP contribution in [0.1, 0.15) is 5.56 Å². The number of fused-ring (bicyclic) bond motifs is 2. The van der Waals surface area contributed by atoms with Crippen molar-refractivity contribution < 1.29 is 0 Å². The molecule has 7 nitrogen and oxygen atoms in total. The SMILES string of the molecule is Clc1cccc2nc(-c3ccccn3)c(CCNc3ncnc4nc[nH]c34)cc12. The second kappa shape index (κ2) is 7.44. The fourth-order valence-electron chi connectivity index (χ4n) is 3.33. The van der Waals surface area contributed by atoms with Crippen LogP contribution in [0.2, 0.25) is 5.02 Å². The fourth-order valence-corrected chi connectivity index (χ4v) is 3.55. The van der Waals surface area contributed by atoms with Gasteiger partial charge in [0.05, 0.1) is 23.2 Å². The number of benzene rings is 1. The van der Waals surface area contributed by atoms with Gasteiger partial charge in [0.1, 0.15) is 11.8 Å². The van der Waals surface area contributed by atoms with Crippen LogP contribution in [-0.2, 0) is 6.42 Å². The molecule has 0 aliphatic heterocycles. The number of hydrogen-bond donors (Lipinski definition) is 2. The van der Waals surface area contributed by atoms with Crippen LogP contribution >= 0.6 is 11.6 Å². The summed E-state index contributed by atoms with van der Waals surface area (Å²) in [6.07, 6.45) is 5.61. The molecule has 5 aromatic rings. The molecular weight excluding hydrogens is 386 g/mol. The van der Waals surface area contributed by atoms with Gasteiger partial charge in [-0.25, -0.2) is 19.9 Å². The Kier molecular flexibility index (Phi) is 4.50. The number of aromatic nitrogens is 6. The molecule has 29 heavy (non-hydrogen) atoms. The number of halogens is 1. The standard InChI is InChI=1S/C21H16ClN7/c22-15-4-3-6-16-14(15)10-13(18(29-16)17-5-1-2-8-23-17)7-9-24-20-19-21(26-11-25-19)28-12-27-20/h1-6,8,10-12H,7,9H2,(H2,24,25,26,27,28). The summed E-state index contributed by atoms with van der Waals surface area (Å²) in [4.78, 5) is 25.0. The van der Waals surface area contributed by atoms with Crippen molar-refractivity contribution in [2.75, 3.05) is 11.9 Å². The number of anilines is 1. The van der Waals surface area contributed by atoms with Crippen molar-refractivity contribution in [2.24, 2.45) is 0 Å². The lowest BCUT2D eigenvalue weighted by molar-refractivity contribution is 0.998. The molecule has 0 unspecified atom stereocenters. The van der Waals surface area contributed by atoms with Gasteiger partial charge in [0.2, 0.25) is 0 Å². The van der Waals surface area contributed by atoms with E-state index in [1.54, 1.807) is 12.5 Å². The molecule has 0 atom stereocenters. The molecular formula is C21H16ClN7. The number of rotatable bonds is 5. The first-order chi connectivity index (χ1) is 14.3. The van der Waals surface area contributed by atoms with Crippen molar-refractivity contribution in [3.05, 3.63) is 71.9 Å². The molecule has 5 rings (SSSR count). The lowest BCUT2D eigenvalue weighted by Crippen LogP contribution is -2.09. The lowest BCUT2D eigenvalue weighted by Gasteiger charge is -2.12. The van der Waals surface area contributed by atoms with Crippen LogP contribution in [0, 0.1) is 0 Å². The highest BCUT2D eigenvalue weighted by molar-refractivity contribution is 6.35. The molecule has 4 heterocycles. The third-order valence-corrected chi connectivity index (χ3v) is 5.03. The number of aromatic amines is 1. The Morgan fingerprint density at radius 2 is 1.97 bits per heavy atom. The molecule has 0 saturated heterocycles. The van der Waals surface area contributed by atoms with E-state index < -0.39 is 0 Å². The van der Waals surface area contributed by atoms with Crippen LogP contribution in [0.25, 0.3) is 33.5 Å². The number of pyridine rings is 2. The molecule has 0 saturated carbocycles. The third-order valence-electron chi connectivity index (χ3n) is 4.70. The highest BCUT2D eigenvalue weighted by atomic mass is 35.5. The molecule has 142 valence electrons. The topological polar surface area (TPSA) is 92.3 Å². The first-order valence-electron chi connectivity index (χ1n) is 9.17. The van der Waals surface area contributed by atoms with Gasteiger partial charge in [-0.05, 0) is 42.3 Å². The summed E-state index contributed by atoms with van der Waals surface area (Å²) in [6, 6.07) is 13.7. The van der Waals surface area contributed by atoms with Crippen LogP contribution < -0.4 is 5.32 Å². The Labute approximate surface area is 171 Å². The van der Waals surface area contributed by atoms with E-state index in [4.69, 9.17) is 16.6 Å². The smallest absolute Gasteiger partial charge is 0.182 e. The van der Waals surface area contributed by atoms with Crippen molar-refractivity contribution in [3.63, 3.8) is 0 Å². The minimum absolute atomic E-state index is 0.635. The fraction of sp³-hybridized carbons (Fsp3) is 0.0952. The van der Waals surface area contributed by atoms with Crippen LogP contribution in [0.5, 0.6) is 0 Å². The molecule has 0 fully saturated rings. The Hall–Kier alpha value is -3.58. The van der Waals surface area contributed by atoms with Gasteiger partial charge in [-0.2, -0.15) is 0 Å². The summed E-state index contributed by atoms with van der Waals surface area (Å²) in [5.41, 5.74) is 5.03. The zero-order chi connectivity index (χ0) is 19.6. The highest BCUT2D eigenvalue weighted by Crippen LogP contribution is 2.29. The second-order valence-corrected chi connectivity index (χ2v) is 6.92. The second-order valence-electron chi connectivity index (χ2n) is 6.52. The van der Waals surface area contributed by atoms with Gasteiger partial charge >= 0.3 is 0 Å². The van der Waals surface area contributed by atoms with Gasteiger partial charge in [0.15, 0.2) is 11.5 Å². The van der Waals surface area contributed by atoms with Gasteiger partial charge in [-0.15, -0.1) is 0 Å². The Bertz CT molecular complexity index is 1300. The molecule has 4 aromatic heterocycles. The van der Waals surface area contributed by atoms with Crippen LogP contribution in [0.15, 0.2) is 61.3 Å². The average Bonchev–Trinajstić information content (AvgIpc) is 3.24. The predicted octanol–water partition coefficient (Wildman–Crippen LogP) is 4.27. The number of nitrogens with zero attached hydrogens (tertiary/aromatic N) is 5. The van der Waals surface area contributed by atoms with Crippen molar-refractivity contribution in [1.29, 1.82) is 0 Å². The summed E-state index contributed by atoms with van der Waals surface area (Å²) in [5, 5.41) is 4.98. The molecule has 8 heteroatoms. The maximum Gasteiger partial charge on any atom is 0.182 e. The molecule has 0 amide bonds. The van der Waals surface area contributed by atoms with Crippen molar-refractivity contribution in [1.82, 2.24) is 29.9 Å². The summed E-state index contributed by atoms with van der Waals surface area (Å²) in [6.45, 7) is 0.655. The molecule has 0 spiro atoms. The van der Waals surface area contributed by atoms with Crippen LogP contribution in [0.3, 0.4) is 0 Å². The van der Waals surface area contributed by atoms with E-state index in [1.165, 1.54) is 6.33 Å². The summed E-state index contributed by atoms with van der Waals surface area (Å²) >= 11 is 6.41. The number of nitrogens with one attached hydrogen (secondary N) is 2. The third kappa shape index (κ3) is 3.36. The summed E-state index contributed by atoms with van der Waals surface area (Å²) in [5.74, 6) is 0.721. The normalized spacial score (nSPS) is 11.2. The van der Waals surface area contributed by atoms with Gasteiger partial charge in [0.25, 0.3) is 0 Å². The first-order valence-corrected chi connectivity index (χ1v) is 9.55. The van der Waals surface area contributed by atoms with E-state index in [1.807, 2.05) is 36.4 Å². The van der Waals surface area contributed by atoms with E-state index in [0.717, 1.165) is 45.6 Å². The van der Waals surface area contributed by atoms with E-state index in [-0.39, 0.29) is 0 Å². The van der Waals surface area contributed by atoms with Gasteiger partial charge in [0, 0.05) is 23.2 Å². The summed E-state index contributed by atoms with van der Waals surface area (Å²) in [7, 11) is 0. The van der Waals surface area contributed by atoms with E-state index in [9.17, 15) is 0 Å². The van der Waals surface area contributed by atoms with Gasteiger partial charge in [-0.1, -0.05) is 23.7 Å². The minimum Gasteiger partial charge on any atom is -0.368 e.